The number of halogens is 2. The van der Waals surface area contributed by atoms with Crippen LogP contribution in [0.3, 0.4) is 0 Å². The molecule has 1 fully saturated rings. The molecule has 0 aliphatic carbocycles. The summed E-state index contributed by atoms with van der Waals surface area (Å²) in [5, 5.41) is 9.89. The maximum atomic E-state index is 13.4. The number of hydrogen-bond acceptors (Lipinski definition) is 7. The lowest BCUT2D eigenvalue weighted by Gasteiger charge is -2.33. The van der Waals surface area contributed by atoms with E-state index in [1.54, 1.807) is 41.9 Å². The lowest BCUT2D eigenvalue weighted by molar-refractivity contribution is -0.140. The number of rotatable bonds is 11. The molecular weight excluding hydrogens is 508 g/mol. The van der Waals surface area contributed by atoms with Crippen molar-refractivity contribution in [1.82, 2.24) is 25.8 Å². The van der Waals surface area contributed by atoms with Gasteiger partial charge in [0.25, 0.3) is 11.8 Å². The number of Topliss-reactive ketones (excluding diaryl/α,β-unsaturated/α-hetero) is 1. The van der Waals surface area contributed by atoms with E-state index in [2.05, 4.69) is 20.9 Å². The summed E-state index contributed by atoms with van der Waals surface area (Å²) in [6, 6.07) is 5.68. The van der Waals surface area contributed by atoms with Crippen LogP contribution < -0.4 is 16.0 Å². The van der Waals surface area contributed by atoms with Gasteiger partial charge < -0.3 is 25.6 Å². The van der Waals surface area contributed by atoms with E-state index in [1.165, 1.54) is 23.3 Å². The largest absolute Gasteiger partial charge is 0.382 e. The molecule has 2 heterocycles. The molecular formula is C24H29F2N5O5S. The normalized spacial score (nSPS) is 16.4. The third-order valence-electron chi connectivity index (χ3n) is 5.75. The summed E-state index contributed by atoms with van der Waals surface area (Å²) in [5.41, 5.74) is 0.704. The lowest BCUT2D eigenvalue weighted by Crippen LogP contribution is -2.58. The van der Waals surface area contributed by atoms with E-state index in [9.17, 15) is 28.0 Å². The lowest BCUT2D eigenvalue weighted by atomic mass is 10.0. The van der Waals surface area contributed by atoms with E-state index in [4.69, 9.17) is 4.74 Å². The Morgan fingerprint density at radius 3 is 2.43 bits per heavy atom. The van der Waals surface area contributed by atoms with Crippen LogP contribution in [0.25, 0.3) is 0 Å². The molecule has 4 amide bonds. The second-order valence-corrected chi connectivity index (χ2v) is 9.50. The molecule has 10 nitrogen and oxygen atoms in total. The van der Waals surface area contributed by atoms with Gasteiger partial charge in [0.2, 0.25) is 11.7 Å². The molecule has 0 unspecified atom stereocenters. The summed E-state index contributed by atoms with van der Waals surface area (Å²) < 4.78 is 31.9. The van der Waals surface area contributed by atoms with Gasteiger partial charge in [-0.15, -0.1) is 11.3 Å². The van der Waals surface area contributed by atoms with E-state index >= 15 is 0 Å². The summed E-state index contributed by atoms with van der Waals surface area (Å²) in [4.78, 5) is 56.6. The van der Waals surface area contributed by atoms with E-state index in [0.29, 0.717) is 10.6 Å². The van der Waals surface area contributed by atoms with Crippen LogP contribution in [-0.2, 0) is 32.1 Å². The van der Waals surface area contributed by atoms with Gasteiger partial charge in [0, 0.05) is 51.0 Å². The quantitative estimate of drug-likeness (QED) is 0.373. The maximum absolute atomic E-state index is 13.4. The Hall–Kier alpha value is -3.45. The fourth-order valence-corrected chi connectivity index (χ4v) is 4.26. The number of thiazole rings is 1. The van der Waals surface area contributed by atoms with Crippen molar-refractivity contribution in [2.45, 2.75) is 43.8 Å². The Morgan fingerprint density at radius 1 is 1.11 bits per heavy atom. The van der Waals surface area contributed by atoms with E-state index in [0.717, 1.165) is 0 Å². The monoisotopic (exact) mass is 537 g/mol. The second-order valence-electron chi connectivity index (χ2n) is 8.52. The Balaban J connectivity index is 1.67. The van der Waals surface area contributed by atoms with Crippen LogP contribution in [0.5, 0.6) is 0 Å². The van der Waals surface area contributed by atoms with Crippen molar-refractivity contribution in [2.24, 2.45) is 0 Å². The van der Waals surface area contributed by atoms with Crippen LogP contribution in [0.15, 0.2) is 41.9 Å². The molecule has 37 heavy (non-hydrogen) atoms. The zero-order chi connectivity index (χ0) is 26.8. The number of nitrogens with zero attached hydrogens (tertiary/aromatic N) is 2. The highest BCUT2D eigenvalue weighted by Crippen LogP contribution is 2.27. The van der Waals surface area contributed by atoms with Gasteiger partial charge in [0.05, 0.1) is 13.2 Å². The van der Waals surface area contributed by atoms with Gasteiger partial charge in [-0.3, -0.25) is 14.4 Å². The first kappa shape index (κ1) is 28.1. The number of methoxy groups -OCH3 is 1. The van der Waals surface area contributed by atoms with Gasteiger partial charge in [0.15, 0.2) is 0 Å². The maximum Gasteiger partial charge on any atom is 0.318 e. The Bertz CT molecular complexity index is 1060. The first-order chi connectivity index (χ1) is 17.7. The predicted molar refractivity (Wildman–Crippen MR) is 131 cm³/mol. The fourth-order valence-electron chi connectivity index (χ4n) is 3.70. The number of ketones is 1. The highest BCUT2D eigenvalue weighted by molar-refractivity contribution is 7.09. The van der Waals surface area contributed by atoms with Crippen molar-refractivity contribution < 1.29 is 32.7 Å². The van der Waals surface area contributed by atoms with Crippen LogP contribution >= 0.6 is 11.3 Å². The molecule has 13 heteroatoms. The van der Waals surface area contributed by atoms with E-state index < -0.39 is 54.5 Å². The number of amides is 4. The highest BCUT2D eigenvalue weighted by Gasteiger charge is 2.37. The SMILES string of the molecule is COC[C@@H](NC(=O)N1CCC(F)(F)CC1)C(=O)N[C@H](Cc1ccccc1)C(=O)C(=O)NCc1nccs1. The number of likely N-dealkylation sites (tertiary alicyclic amines) is 1. The highest BCUT2D eigenvalue weighted by atomic mass is 32.1. The van der Waals surface area contributed by atoms with E-state index in [-0.39, 0.29) is 32.7 Å². The molecule has 1 aliphatic rings. The predicted octanol–water partition coefficient (Wildman–Crippen LogP) is 1.51. The third-order valence-corrected chi connectivity index (χ3v) is 6.53. The Kier molecular flexibility index (Phi) is 10.0. The summed E-state index contributed by atoms with van der Waals surface area (Å²) in [6.45, 7) is -0.487. The molecule has 1 aromatic heterocycles. The first-order valence-corrected chi connectivity index (χ1v) is 12.5. The number of aromatic nitrogens is 1. The molecule has 0 saturated carbocycles. The number of benzene rings is 1. The van der Waals surface area contributed by atoms with Gasteiger partial charge in [-0.2, -0.15) is 0 Å². The van der Waals surface area contributed by atoms with Gasteiger partial charge in [0.1, 0.15) is 17.1 Å². The van der Waals surface area contributed by atoms with Crippen LogP contribution in [0.1, 0.15) is 23.4 Å². The summed E-state index contributed by atoms with van der Waals surface area (Å²) in [7, 11) is 1.33. The average Bonchev–Trinajstić information content (AvgIpc) is 3.40. The molecule has 1 saturated heterocycles. The summed E-state index contributed by atoms with van der Waals surface area (Å²) in [6.07, 6.45) is 0.674. The van der Waals surface area contributed by atoms with Gasteiger partial charge in [-0.1, -0.05) is 30.3 Å². The average molecular weight is 538 g/mol. The molecule has 3 N–H and O–H groups in total. The number of alkyl halides is 2. The van der Waals surface area contributed by atoms with Crippen molar-refractivity contribution in [1.29, 1.82) is 0 Å². The van der Waals surface area contributed by atoms with Crippen molar-refractivity contribution in [3.05, 3.63) is 52.5 Å². The van der Waals surface area contributed by atoms with E-state index in [1.807, 2.05) is 0 Å². The third kappa shape index (κ3) is 8.57. The molecule has 0 spiro atoms. The fraction of sp³-hybridized carbons (Fsp3) is 0.458. The Labute approximate surface area is 216 Å². The number of urea groups is 1. The summed E-state index contributed by atoms with van der Waals surface area (Å²) in [5.74, 6) is -5.34. The smallest absolute Gasteiger partial charge is 0.318 e. The molecule has 200 valence electrons. The van der Waals surface area contributed by atoms with Crippen molar-refractivity contribution in [2.75, 3.05) is 26.8 Å². The zero-order valence-electron chi connectivity index (χ0n) is 20.2. The van der Waals surface area contributed by atoms with Crippen LogP contribution in [0.2, 0.25) is 0 Å². The molecule has 0 radical (unpaired) electrons. The number of ether oxygens (including phenoxy) is 1. The van der Waals surface area contributed by atoms with Gasteiger partial charge in [-0.05, 0) is 5.56 Å². The minimum atomic E-state index is -2.83. The molecule has 1 aromatic carbocycles. The first-order valence-electron chi connectivity index (χ1n) is 11.7. The minimum absolute atomic E-state index is 0.0327. The zero-order valence-corrected chi connectivity index (χ0v) is 21.1. The molecule has 3 rings (SSSR count). The number of hydrogen-bond donors (Lipinski definition) is 3. The minimum Gasteiger partial charge on any atom is -0.382 e. The molecule has 1 aliphatic heterocycles. The van der Waals surface area contributed by atoms with Gasteiger partial charge in [-0.25, -0.2) is 18.6 Å². The second kappa shape index (κ2) is 13.2. The van der Waals surface area contributed by atoms with Crippen LogP contribution in [0.4, 0.5) is 13.6 Å². The van der Waals surface area contributed by atoms with Crippen molar-refractivity contribution >= 4 is 35.0 Å². The molecule has 0 bridgehead atoms. The number of carbonyl (C=O) groups excluding carboxylic acids is 4. The standard InChI is InChI=1S/C24H29F2N5O5S/c1-36-15-18(30-23(35)31-10-7-24(25,26)8-11-31)21(33)29-17(13-16-5-3-2-4-6-16)20(32)22(34)28-14-19-27-9-12-37-19/h2-6,9,12,17-18H,7-8,10-11,13-15H2,1H3,(H,28,34)(H,29,33)(H,30,35)/t17-,18-/m1/s1. The summed E-state index contributed by atoms with van der Waals surface area (Å²) >= 11 is 1.32. The topological polar surface area (TPSA) is 130 Å². The van der Waals surface area contributed by atoms with Crippen LogP contribution in [0, 0.1) is 0 Å². The van der Waals surface area contributed by atoms with Crippen molar-refractivity contribution in [3.63, 3.8) is 0 Å². The van der Waals surface area contributed by atoms with Crippen LogP contribution in [-0.4, -0.2) is 78.3 Å². The molecule has 2 aromatic rings. The van der Waals surface area contributed by atoms with Crippen molar-refractivity contribution in [3.8, 4) is 0 Å². The number of piperidine rings is 1. The molecule has 2 atom stereocenters. The Morgan fingerprint density at radius 2 is 1.81 bits per heavy atom. The number of carbonyl (C=O) groups is 4. The van der Waals surface area contributed by atoms with Gasteiger partial charge >= 0.3 is 6.03 Å². The number of nitrogens with one attached hydrogen (secondary N) is 3.